The molecule has 2 unspecified atom stereocenters. The molecule has 1 aromatic carbocycles. The van der Waals surface area contributed by atoms with Crippen LogP contribution in [0.15, 0.2) is 24.3 Å². The van der Waals surface area contributed by atoms with Crippen molar-refractivity contribution in [3.8, 4) is 0 Å². The van der Waals surface area contributed by atoms with Gasteiger partial charge in [-0.1, -0.05) is 26.0 Å². The summed E-state index contributed by atoms with van der Waals surface area (Å²) < 4.78 is 0. The second-order valence-electron chi connectivity index (χ2n) is 7.13. The van der Waals surface area contributed by atoms with Gasteiger partial charge in [0, 0.05) is 32.6 Å². The number of hydrogen-bond acceptors (Lipinski definition) is 3. The maximum atomic E-state index is 12.8. The fraction of sp³-hybridized carbons (Fsp3) is 0.550. The van der Waals surface area contributed by atoms with E-state index in [0.29, 0.717) is 13.1 Å². The van der Waals surface area contributed by atoms with E-state index in [-0.39, 0.29) is 29.2 Å². The number of hydrogen-bond donors (Lipinski definition) is 1. The number of likely N-dealkylation sites (tertiary alicyclic amines) is 1. The summed E-state index contributed by atoms with van der Waals surface area (Å²) in [5, 5.41) is 8.95. The van der Waals surface area contributed by atoms with Crippen molar-refractivity contribution in [3.63, 3.8) is 0 Å². The quantitative estimate of drug-likeness (QED) is 0.846. The number of carboxylic acids is 1. The highest BCUT2D eigenvalue weighted by Crippen LogP contribution is 2.21. The van der Waals surface area contributed by atoms with E-state index in [0.717, 1.165) is 31.4 Å². The van der Waals surface area contributed by atoms with Crippen LogP contribution in [-0.4, -0.2) is 52.8 Å². The van der Waals surface area contributed by atoms with Gasteiger partial charge < -0.3 is 14.9 Å². The van der Waals surface area contributed by atoms with E-state index in [9.17, 15) is 14.4 Å². The lowest BCUT2D eigenvalue weighted by Gasteiger charge is -2.35. The number of carbonyl (C=O) groups excluding carboxylic acids is 2. The molecule has 1 aliphatic rings. The molecule has 0 saturated carbocycles. The van der Waals surface area contributed by atoms with E-state index in [2.05, 4.69) is 0 Å². The number of amides is 2. The maximum absolute atomic E-state index is 12.8. The predicted octanol–water partition coefficient (Wildman–Crippen LogP) is 2.63. The van der Waals surface area contributed by atoms with E-state index in [1.165, 1.54) is 0 Å². The van der Waals surface area contributed by atoms with Crippen molar-refractivity contribution in [3.05, 3.63) is 35.4 Å². The van der Waals surface area contributed by atoms with Gasteiger partial charge in [0.15, 0.2) is 0 Å². The molecule has 1 aliphatic heterocycles. The van der Waals surface area contributed by atoms with Crippen LogP contribution in [0.5, 0.6) is 0 Å². The molecule has 2 amide bonds. The summed E-state index contributed by atoms with van der Waals surface area (Å²) in [6.45, 7) is 5.57. The fourth-order valence-electron chi connectivity index (χ4n) is 3.28. The first-order valence-corrected chi connectivity index (χ1v) is 9.19. The molecule has 1 aromatic rings. The zero-order valence-corrected chi connectivity index (χ0v) is 15.8. The number of rotatable bonds is 6. The van der Waals surface area contributed by atoms with E-state index in [1.54, 1.807) is 36.2 Å². The summed E-state index contributed by atoms with van der Waals surface area (Å²) in [7, 11) is 1.75. The highest BCUT2D eigenvalue weighted by Gasteiger charge is 2.31. The second-order valence-corrected chi connectivity index (χ2v) is 7.13. The normalized spacial score (nSPS) is 18.3. The number of carbonyl (C=O) groups is 3. The zero-order valence-electron chi connectivity index (χ0n) is 15.8. The SMILES string of the molecule is CCC(C)C(=O)N1CCCC(C(=O)N(C)Cc2ccc(C(=O)O)cc2)C1. The molecule has 26 heavy (non-hydrogen) atoms. The van der Waals surface area contributed by atoms with Crippen LogP contribution in [0, 0.1) is 11.8 Å². The number of benzene rings is 1. The van der Waals surface area contributed by atoms with Gasteiger partial charge in [-0.05, 0) is 37.0 Å². The van der Waals surface area contributed by atoms with Crippen LogP contribution < -0.4 is 0 Å². The van der Waals surface area contributed by atoms with Gasteiger partial charge in [-0.25, -0.2) is 4.79 Å². The molecule has 6 heteroatoms. The van der Waals surface area contributed by atoms with E-state index >= 15 is 0 Å². The number of piperidine rings is 1. The minimum Gasteiger partial charge on any atom is -0.478 e. The van der Waals surface area contributed by atoms with Gasteiger partial charge in [0.25, 0.3) is 0 Å². The third kappa shape index (κ3) is 4.84. The van der Waals surface area contributed by atoms with Crippen LogP contribution in [0.2, 0.25) is 0 Å². The average Bonchev–Trinajstić information content (AvgIpc) is 2.66. The minimum atomic E-state index is -0.964. The minimum absolute atomic E-state index is 0.00525. The highest BCUT2D eigenvalue weighted by atomic mass is 16.4. The topological polar surface area (TPSA) is 77.9 Å². The Labute approximate surface area is 154 Å². The molecule has 0 spiro atoms. The van der Waals surface area contributed by atoms with Crippen molar-refractivity contribution < 1.29 is 19.5 Å². The Morgan fingerprint density at radius 1 is 1.27 bits per heavy atom. The third-order valence-electron chi connectivity index (χ3n) is 5.11. The van der Waals surface area contributed by atoms with Gasteiger partial charge in [-0.15, -0.1) is 0 Å². The van der Waals surface area contributed by atoms with E-state index in [1.807, 2.05) is 18.7 Å². The number of carboxylic acid groups (broad SMARTS) is 1. The van der Waals surface area contributed by atoms with E-state index < -0.39 is 5.97 Å². The van der Waals surface area contributed by atoms with Crippen LogP contribution in [-0.2, 0) is 16.1 Å². The molecule has 2 atom stereocenters. The molecule has 0 aromatic heterocycles. The first-order valence-electron chi connectivity index (χ1n) is 9.19. The molecule has 1 N–H and O–H groups in total. The Hall–Kier alpha value is -2.37. The van der Waals surface area contributed by atoms with Crippen LogP contribution in [0.1, 0.15) is 49.0 Å². The van der Waals surface area contributed by atoms with Gasteiger partial charge in [0.1, 0.15) is 0 Å². The summed E-state index contributed by atoms with van der Waals surface area (Å²) in [5.74, 6) is -0.963. The molecule has 0 radical (unpaired) electrons. The highest BCUT2D eigenvalue weighted by molar-refractivity contribution is 5.87. The lowest BCUT2D eigenvalue weighted by molar-refractivity contribution is -0.142. The Morgan fingerprint density at radius 3 is 2.50 bits per heavy atom. The van der Waals surface area contributed by atoms with Gasteiger partial charge >= 0.3 is 5.97 Å². The van der Waals surface area contributed by atoms with Gasteiger partial charge in [-0.3, -0.25) is 9.59 Å². The summed E-state index contributed by atoms with van der Waals surface area (Å²) >= 11 is 0. The molecule has 1 heterocycles. The van der Waals surface area contributed by atoms with Crippen molar-refractivity contribution in [2.45, 2.75) is 39.7 Å². The largest absolute Gasteiger partial charge is 0.478 e. The smallest absolute Gasteiger partial charge is 0.335 e. The van der Waals surface area contributed by atoms with Crippen molar-refractivity contribution in [1.29, 1.82) is 0 Å². The van der Waals surface area contributed by atoms with Crippen molar-refractivity contribution >= 4 is 17.8 Å². The van der Waals surface area contributed by atoms with Crippen LogP contribution >= 0.6 is 0 Å². The number of aromatic carboxylic acids is 1. The summed E-state index contributed by atoms with van der Waals surface area (Å²) in [6.07, 6.45) is 2.45. The lowest BCUT2D eigenvalue weighted by Crippen LogP contribution is -2.47. The molecule has 0 aliphatic carbocycles. The molecular weight excluding hydrogens is 332 g/mol. The first-order chi connectivity index (χ1) is 12.3. The third-order valence-corrected chi connectivity index (χ3v) is 5.11. The Kier molecular flexibility index (Phi) is 6.77. The first kappa shape index (κ1) is 19.9. The Morgan fingerprint density at radius 2 is 1.92 bits per heavy atom. The zero-order chi connectivity index (χ0) is 19.3. The standard InChI is InChI=1S/C20H28N2O4/c1-4-14(2)18(23)22-11-5-6-17(13-22)19(24)21(3)12-15-7-9-16(10-8-15)20(25)26/h7-10,14,17H,4-6,11-13H2,1-3H3,(H,25,26). The molecular formula is C20H28N2O4. The second kappa shape index (κ2) is 8.83. The monoisotopic (exact) mass is 360 g/mol. The number of nitrogens with zero attached hydrogens (tertiary/aromatic N) is 2. The van der Waals surface area contributed by atoms with E-state index in [4.69, 9.17) is 5.11 Å². The molecule has 0 bridgehead atoms. The molecule has 1 saturated heterocycles. The van der Waals surface area contributed by atoms with Gasteiger partial charge in [0.05, 0.1) is 11.5 Å². The van der Waals surface area contributed by atoms with Crippen molar-refractivity contribution in [2.75, 3.05) is 20.1 Å². The van der Waals surface area contributed by atoms with Crippen LogP contribution in [0.3, 0.4) is 0 Å². The molecule has 6 nitrogen and oxygen atoms in total. The summed E-state index contributed by atoms with van der Waals surface area (Å²) in [6, 6.07) is 6.55. The van der Waals surface area contributed by atoms with Gasteiger partial charge in [0.2, 0.25) is 11.8 Å². The Bertz CT molecular complexity index is 656. The molecule has 1 fully saturated rings. The fourth-order valence-corrected chi connectivity index (χ4v) is 3.28. The Balaban J connectivity index is 1.96. The van der Waals surface area contributed by atoms with Crippen molar-refractivity contribution in [2.24, 2.45) is 11.8 Å². The van der Waals surface area contributed by atoms with Crippen LogP contribution in [0.4, 0.5) is 0 Å². The predicted molar refractivity (Wildman–Crippen MR) is 98.6 cm³/mol. The maximum Gasteiger partial charge on any atom is 0.335 e. The summed E-state index contributed by atoms with van der Waals surface area (Å²) in [5.41, 5.74) is 1.11. The van der Waals surface area contributed by atoms with Crippen molar-refractivity contribution in [1.82, 2.24) is 9.80 Å². The molecule has 2 rings (SSSR count). The molecule has 142 valence electrons. The lowest BCUT2D eigenvalue weighted by atomic mass is 9.95. The van der Waals surface area contributed by atoms with Crippen LogP contribution in [0.25, 0.3) is 0 Å². The summed E-state index contributed by atoms with van der Waals surface area (Å²) in [4.78, 5) is 39.6. The average molecular weight is 360 g/mol. The van der Waals surface area contributed by atoms with Gasteiger partial charge in [-0.2, -0.15) is 0 Å².